The van der Waals surface area contributed by atoms with Gasteiger partial charge < -0.3 is 14.8 Å². The number of allylic oxidation sites excluding steroid dienone is 1. The molecule has 32 heavy (non-hydrogen) atoms. The molecule has 0 unspecified atom stereocenters. The zero-order chi connectivity index (χ0) is 22.7. The van der Waals surface area contributed by atoms with Crippen molar-refractivity contribution in [2.75, 3.05) is 19.0 Å². The first-order valence-corrected chi connectivity index (χ1v) is 11.0. The summed E-state index contributed by atoms with van der Waals surface area (Å²) < 4.78 is 12.7. The molecule has 2 heterocycles. The van der Waals surface area contributed by atoms with E-state index in [1.54, 1.807) is 31.7 Å². The number of nitrogens with one attached hydrogen (secondary N) is 1. The quantitative estimate of drug-likeness (QED) is 0.586. The smallest absolute Gasteiger partial charge is 0.338 e. The molecule has 0 radical (unpaired) electrons. The maximum absolute atomic E-state index is 13.4. The topological polar surface area (TPSA) is 81.9 Å². The van der Waals surface area contributed by atoms with Crippen LogP contribution >= 0.6 is 11.3 Å². The van der Waals surface area contributed by atoms with Gasteiger partial charge in [-0.25, -0.2) is 9.79 Å². The van der Waals surface area contributed by atoms with Gasteiger partial charge in [-0.05, 0) is 43.7 Å². The van der Waals surface area contributed by atoms with E-state index in [0.717, 1.165) is 11.3 Å². The van der Waals surface area contributed by atoms with Gasteiger partial charge in [-0.15, -0.1) is 0 Å². The second-order valence-electron chi connectivity index (χ2n) is 7.09. The lowest BCUT2D eigenvalue weighted by Gasteiger charge is -2.24. The number of thiazole rings is 1. The molecule has 3 aromatic rings. The predicted octanol–water partition coefficient (Wildman–Crippen LogP) is 2.83. The van der Waals surface area contributed by atoms with Gasteiger partial charge in [0.1, 0.15) is 10.3 Å². The molecule has 0 spiro atoms. The largest absolute Gasteiger partial charge is 0.497 e. The number of esters is 1. The van der Waals surface area contributed by atoms with Crippen LogP contribution in [0.5, 0.6) is 5.75 Å². The van der Waals surface area contributed by atoms with Crippen molar-refractivity contribution in [1.29, 1.82) is 0 Å². The molecule has 0 saturated carbocycles. The second kappa shape index (κ2) is 9.23. The average molecular weight is 450 g/mol. The van der Waals surface area contributed by atoms with Crippen LogP contribution in [0.25, 0.3) is 6.20 Å². The first-order chi connectivity index (χ1) is 15.5. The fourth-order valence-electron chi connectivity index (χ4n) is 3.60. The molecule has 1 aliphatic rings. The molecular formula is C24H23N3O4S. The van der Waals surface area contributed by atoms with Crippen molar-refractivity contribution in [2.24, 2.45) is 4.99 Å². The maximum Gasteiger partial charge on any atom is 0.338 e. The highest BCUT2D eigenvalue weighted by molar-refractivity contribution is 7.07. The van der Waals surface area contributed by atoms with Crippen molar-refractivity contribution in [3.8, 4) is 5.75 Å². The molecule has 0 saturated heterocycles. The lowest BCUT2D eigenvalue weighted by Crippen LogP contribution is -2.40. The van der Waals surface area contributed by atoms with Crippen LogP contribution in [0.4, 0.5) is 5.69 Å². The van der Waals surface area contributed by atoms with Crippen LogP contribution in [0, 0.1) is 0 Å². The summed E-state index contributed by atoms with van der Waals surface area (Å²) in [6, 6.07) is 16.2. The van der Waals surface area contributed by atoms with Crippen molar-refractivity contribution >= 4 is 29.2 Å². The van der Waals surface area contributed by atoms with E-state index in [9.17, 15) is 9.59 Å². The number of anilines is 1. The Bertz CT molecular complexity index is 1360. The van der Waals surface area contributed by atoms with Crippen molar-refractivity contribution < 1.29 is 14.3 Å². The van der Waals surface area contributed by atoms with E-state index < -0.39 is 12.0 Å². The molecule has 0 bridgehead atoms. The van der Waals surface area contributed by atoms with Crippen molar-refractivity contribution in [3.63, 3.8) is 0 Å². The summed E-state index contributed by atoms with van der Waals surface area (Å²) >= 11 is 1.27. The molecule has 0 aliphatic carbocycles. The highest BCUT2D eigenvalue weighted by Crippen LogP contribution is 2.32. The van der Waals surface area contributed by atoms with E-state index in [1.807, 2.05) is 54.6 Å². The third kappa shape index (κ3) is 4.09. The lowest BCUT2D eigenvalue weighted by molar-refractivity contribution is -0.139. The van der Waals surface area contributed by atoms with Crippen LogP contribution in [-0.4, -0.2) is 24.3 Å². The van der Waals surface area contributed by atoms with Gasteiger partial charge in [0.05, 0.1) is 31.0 Å². The van der Waals surface area contributed by atoms with Crippen molar-refractivity contribution in [1.82, 2.24) is 4.57 Å². The zero-order valence-electron chi connectivity index (χ0n) is 18.0. The molecule has 1 N–H and O–H groups in total. The first kappa shape index (κ1) is 21.6. The number of aromatic nitrogens is 1. The third-order valence-electron chi connectivity index (χ3n) is 5.07. The average Bonchev–Trinajstić information content (AvgIpc) is 3.12. The molecule has 4 rings (SSSR count). The number of benzene rings is 2. The number of ether oxygens (including phenoxy) is 2. The Morgan fingerprint density at radius 1 is 1.22 bits per heavy atom. The van der Waals surface area contributed by atoms with E-state index in [1.165, 1.54) is 11.3 Å². The summed E-state index contributed by atoms with van der Waals surface area (Å²) in [5.74, 6) is 0.145. The maximum atomic E-state index is 13.4. The van der Waals surface area contributed by atoms with Gasteiger partial charge >= 0.3 is 5.97 Å². The number of methoxy groups -OCH3 is 1. The van der Waals surface area contributed by atoms with Crippen LogP contribution in [0.3, 0.4) is 0 Å². The Balaban J connectivity index is 1.89. The molecule has 0 amide bonds. The molecule has 1 atom stereocenters. The minimum atomic E-state index is -0.667. The van der Waals surface area contributed by atoms with Crippen LogP contribution in [0.15, 0.2) is 75.7 Å². The van der Waals surface area contributed by atoms with E-state index in [4.69, 9.17) is 9.47 Å². The Kier molecular flexibility index (Phi) is 6.23. The summed E-state index contributed by atoms with van der Waals surface area (Å²) in [6.07, 6.45) is 1.67. The number of fused-ring (bicyclic) bond motifs is 1. The highest BCUT2D eigenvalue weighted by atomic mass is 32.1. The molecule has 164 valence electrons. The van der Waals surface area contributed by atoms with Gasteiger partial charge in [-0.3, -0.25) is 9.36 Å². The lowest BCUT2D eigenvalue weighted by atomic mass is 9.95. The van der Waals surface area contributed by atoms with Gasteiger partial charge in [0.25, 0.3) is 5.56 Å². The molecule has 2 aromatic carbocycles. The Labute approximate surface area is 189 Å². The number of nitrogens with zero attached hydrogens (tertiary/aromatic N) is 2. The Hall–Kier alpha value is -3.65. The SMILES string of the molecule is CCOC(=O)C1=C(C)N=c2s/c(=C\Nc3ccccc3)c(=O)n2[C@H]1c1cccc(OC)c1. The molecule has 0 fully saturated rings. The van der Waals surface area contributed by atoms with E-state index in [-0.39, 0.29) is 12.2 Å². The predicted molar refractivity (Wildman–Crippen MR) is 124 cm³/mol. The summed E-state index contributed by atoms with van der Waals surface area (Å²) in [4.78, 5) is 31.4. The summed E-state index contributed by atoms with van der Waals surface area (Å²) in [5.41, 5.74) is 2.24. The summed E-state index contributed by atoms with van der Waals surface area (Å²) in [5, 5.41) is 3.15. The monoisotopic (exact) mass is 449 g/mol. The van der Waals surface area contributed by atoms with Crippen LogP contribution in [0.2, 0.25) is 0 Å². The van der Waals surface area contributed by atoms with E-state index >= 15 is 0 Å². The third-order valence-corrected chi connectivity index (χ3v) is 6.05. The zero-order valence-corrected chi connectivity index (χ0v) is 18.8. The number of carbonyl (C=O) groups excluding carboxylic acids is 1. The minimum Gasteiger partial charge on any atom is -0.497 e. The number of hydrogen-bond donors (Lipinski definition) is 1. The van der Waals surface area contributed by atoms with Crippen LogP contribution in [0.1, 0.15) is 25.5 Å². The highest BCUT2D eigenvalue weighted by Gasteiger charge is 2.33. The first-order valence-electron chi connectivity index (χ1n) is 10.2. The normalized spacial score (nSPS) is 15.7. The van der Waals surface area contributed by atoms with Crippen molar-refractivity contribution in [3.05, 3.63) is 91.1 Å². The van der Waals surface area contributed by atoms with Gasteiger partial charge in [0.2, 0.25) is 0 Å². The van der Waals surface area contributed by atoms with E-state index in [2.05, 4.69) is 10.3 Å². The number of carbonyl (C=O) groups is 1. The summed E-state index contributed by atoms with van der Waals surface area (Å²) in [6.45, 7) is 3.74. The molecule has 8 heteroatoms. The Morgan fingerprint density at radius 3 is 2.72 bits per heavy atom. The van der Waals surface area contributed by atoms with Crippen molar-refractivity contribution in [2.45, 2.75) is 19.9 Å². The summed E-state index contributed by atoms with van der Waals surface area (Å²) in [7, 11) is 1.58. The van der Waals surface area contributed by atoms with Gasteiger partial charge in [0, 0.05) is 11.9 Å². The standard InChI is InChI=1S/C24H23N3O4S/c1-4-31-23(29)20-15(2)26-24-27(21(20)16-9-8-12-18(13-16)30-3)22(28)19(32-24)14-25-17-10-6-5-7-11-17/h5-14,21,25H,4H2,1-3H3/b19-14-/t21-/m0/s1. The second-order valence-corrected chi connectivity index (χ2v) is 8.10. The number of hydrogen-bond acceptors (Lipinski definition) is 7. The van der Waals surface area contributed by atoms with Crippen LogP contribution < -0.4 is 24.9 Å². The Morgan fingerprint density at radius 2 is 2.00 bits per heavy atom. The minimum absolute atomic E-state index is 0.228. The number of rotatable bonds is 6. The fraction of sp³-hybridized carbons (Fsp3) is 0.208. The molecular weight excluding hydrogens is 426 g/mol. The molecule has 1 aromatic heterocycles. The molecule has 1 aliphatic heterocycles. The molecule has 7 nitrogen and oxygen atoms in total. The van der Waals surface area contributed by atoms with Gasteiger partial charge in [-0.1, -0.05) is 41.7 Å². The number of para-hydroxylation sites is 1. The van der Waals surface area contributed by atoms with Crippen LogP contribution in [-0.2, 0) is 9.53 Å². The fourth-order valence-corrected chi connectivity index (χ4v) is 4.57. The van der Waals surface area contributed by atoms with Gasteiger partial charge in [0.15, 0.2) is 4.80 Å². The van der Waals surface area contributed by atoms with E-state index in [0.29, 0.717) is 26.4 Å². The van der Waals surface area contributed by atoms with Gasteiger partial charge in [-0.2, -0.15) is 0 Å².